The second kappa shape index (κ2) is 10.3. The van der Waals surface area contributed by atoms with E-state index in [1.54, 1.807) is 6.92 Å². The Morgan fingerprint density at radius 1 is 1.16 bits per heavy atom. The SMILES string of the molecule is CC[C@H](C)[C@H](NC(=O)COC(=O)COc1ccc(F)cc1)C(=O)OC. The van der Waals surface area contributed by atoms with E-state index in [-0.39, 0.29) is 5.92 Å². The normalized spacial score (nSPS) is 12.6. The molecule has 0 aliphatic heterocycles. The van der Waals surface area contributed by atoms with Crippen LogP contribution in [0.15, 0.2) is 24.3 Å². The summed E-state index contributed by atoms with van der Waals surface area (Å²) >= 11 is 0. The van der Waals surface area contributed by atoms with E-state index in [0.717, 1.165) is 0 Å². The van der Waals surface area contributed by atoms with Gasteiger partial charge in [-0.3, -0.25) is 4.79 Å². The highest BCUT2D eigenvalue weighted by Gasteiger charge is 2.26. The van der Waals surface area contributed by atoms with Crippen molar-refractivity contribution in [1.29, 1.82) is 0 Å². The van der Waals surface area contributed by atoms with Crippen LogP contribution >= 0.6 is 0 Å². The predicted molar refractivity (Wildman–Crippen MR) is 86.3 cm³/mol. The van der Waals surface area contributed by atoms with Crippen LogP contribution in [0.25, 0.3) is 0 Å². The van der Waals surface area contributed by atoms with Crippen molar-refractivity contribution in [2.45, 2.75) is 26.3 Å². The van der Waals surface area contributed by atoms with E-state index in [1.165, 1.54) is 31.4 Å². The minimum atomic E-state index is -0.809. The Hall–Kier alpha value is -2.64. The van der Waals surface area contributed by atoms with Crippen LogP contribution in [-0.2, 0) is 23.9 Å². The van der Waals surface area contributed by atoms with Crippen molar-refractivity contribution in [3.05, 3.63) is 30.1 Å². The fourth-order valence-electron chi connectivity index (χ4n) is 1.87. The van der Waals surface area contributed by atoms with Gasteiger partial charge in [-0.25, -0.2) is 14.0 Å². The van der Waals surface area contributed by atoms with Crippen LogP contribution in [0.3, 0.4) is 0 Å². The molecule has 0 aliphatic rings. The molecule has 1 N–H and O–H groups in total. The molecule has 2 atom stereocenters. The molecule has 0 fully saturated rings. The highest BCUT2D eigenvalue weighted by Crippen LogP contribution is 2.11. The minimum Gasteiger partial charge on any atom is -0.482 e. The lowest BCUT2D eigenvalue weighted by Gasteiger charge is -2.21. The summed E-state index contributed by atoms with van der Waals surface area (Å²) in [5, 5.41) is 2.48. The van der Waals surface area contributed by atoms with Gasteiger partial charge in [-0.15, -0.1) is 0 Å². The first kappa shape index (κ1) is 20.4. The zero-order valence-electron chi connectivity index (χ0n) is 14.4. The molecule has 1 aromatic rings. The van der Waals surface area contributed by atoms with Gasteiger partial charge in [0.1, 0.15) is 17.6 Å². The fraction of sp³-hybridized carbons (Fsp3) is 0.471. The molecule has 0 bridgehead atoms. The van der Waals surface area contributed by atoms with Gasteiger partial charge in [0.15, 0.2) is 13.2 Å². The number of halogens is 1. The van der Waals surface area contributed by atoms with Crippen molar-refractivity contribution in [2.75, 3.05) is 20.3 Å². The molecule has 138 valence electrons. The van der Waals surface area contributed by atoms with E-state index >= 15 is 0 Å². The Kier molecular flexibility index (Phi) is 8.38. The maximum absolute atomic E-state index is 12.7. The first-order chi connectivity index (χ1) is 11.9. The molecule has 7 nitrogen and oxygen atoms in total. The van der Waals surface area contributed by atoms with Crippen molar-refractivity contribution in [1.82, 2.24) is 5.32 Å². The van der Waals surface area contributed by atoms with Gasteiger partial charge >= 0.3 is 11.9 Å². The van der Waals surface area contributed by atoms with Crippen LogP contribution in [0.5, 0.6) is 5.75 Å². The molecule has 1 aromatic carbocycles. The third-order valence-electron chi connectivity index (χ3n) is 3.52. The molecule has 0 saturated heterocycles. The predicted octanol–water partition coefficient (Wildman–Crippen LogP) is 1.45. The van der Waals surface area contributed by atoms with Gasteiger partial charge in [-0.2, -0.15) is 0 Å². The van der Waals surface area contributed by atoms with Gasteiger partial charge in [0, 0.05) is 0 Å². The van der Waals surface area contributed by atoms with Crippen LogP contribution in [0.4, 0.5) is 4.39 Å². The van der Waals surface area contributed by atoms with Gasteiger partial charge in [-0.1, -0.05) is 20.3 Å². The largest absolute Gasteiger partial charge is 0.482 e. The van der Waals surface area contributed by atoms with Crippen molar-refractivity contribution >= 4 is 17.8 Å². The maximum Gasteiger partial charge on any atom is 0.344 e. The molecule has 0 heterocycles. The number of amides is 1. The van der Waals surface area contributed by atoms with Gasteiger partial charge in [0.25, 0.3) is 5.91 Å². The Morgan fingerprint density at radius 3 is 2.36 bits per heavy atom. The number of hydrogen-bond donors (Lipinski definition) is 1. The summed E-state index contributed by atoms with van der Waals surface area (Å²) in [5.74, 6) is -2.20. The molecule has 0 radical (unpaired) electrons. The number of methoxy groups -OCH3 is 1. The minimum absolute atomic E-state index is 0.131. The summed E-state index contributed by atoms with van der Waals surface area (Å²) in [6.07, 6.45) is 0.658. The number of benzene rings is 1. The van der Waals surface area contributed by atoms with E-state index in [4.69, 9.17) is 9.47 Å². The van der Waals surface area contributed by atoms with E-state index in [2.05, 4.69) is 10.1 Å². The average Bonchev–Trinajstić information content (AvgIpc) is 2.62. The van der Waals surface area contributed by atoms with Crippen molar-refractivity contribution in [3.63, 3.8) is 0 Å². The topological polar surface area (TPSA) is 90.9 Å². The maximum atomic E-state index is 12.7. The van der Waals surface area contributed by atoms with Crippen LogP contribution in [-0.4, -0.2) is 44.2 Å². The van der Waals surface area contributed by atoms with Crippen molar-refractivity contribution in [2.24, 2.45) is 5.92 Å². The second-order valence-corrected chi connectivity index (χ2v) is 5.36. The van der Waals surface area contributed by atoms with Crippen molar-refractivity contribution in [3.8, 4) is 5.75 Å². The van der Waals surface area contributed by atoms with Gasteiger partial charge in [0.2, 0.25) is 0 Å². The summed E-state index contributed by atoms with van der Waals surface area (Å²) in [7, 11) is 1.23. The number of ether oxygens (including phenoxy) is 3. The molecular formula is C17H22FNO6. The quantitative estimate of drug-likeness (QED) is 0.674. The van der Waals surface area contributed by atoms with E-state index in [9.17, 15) is 18.8 Å². The molecule has 0 unspecified atom stereocenters. The number of hydrogen-bond acceptors (Lipinski definition) is 6. The first-order valence-electron chi connectivity index (χ1n) is 7.78. The average molecular weight is 355 g/mol. The number of rotatable bonds is 9. The zero-order valence-corrected chi connectivity index (χ0v) is 14.4. The Bertz CT molecular complexity index is 589. The Labute approximate surface area is 145 Å². The van der Waals surface area contributed by atoms with Gasteiger partial charge in [-0.05, 0) is 30.2 Å². The first-order valence-corrected chi connectivity index (χ1v) is 7.78. The van der Waals surface area contributed by atoms with E-state index < -0.39 is 42.9 Å². The van der Waals surface area contributed by atoms with Crippen LogP contribution in [0.2, 0.25) is 0 Å². The van der Waals surface area contributed by atoms with Crippen LogP contribution in [0.1, 0.15) is 20.3 Å². The molecular weight excluding hydrogens is 333 g/mol. The number of carbonyl (C=O) groups excluding carboxylic acids is 3. The molecule has 0 saturated carbocycles. The fourth-order valence-corrected chi connectivity index (χ4v) is 1.87. The monoisotopic (exact) mass is 355 g/mol. The highest BCUT2D eigenvalue weighted by atomic mass is 19.1. The third kappa shape index (κ3) is 7.19. The molecule has 8 heteroatoms. The number of nitrogens with one attached hydrogen (secondary N) is 1. The highest BCUT2D eigenvalue weighted by molar-refractivity contribution is 5.86. The van der Waals surface area contributed by atoms with Crippen LogP contribution in [0, 0.1) is 11.7 Å². The van der Waals surface area contributed by atoms with E-state index in [0.29, 0.717) is 12.2 Å². The number of esters is 2. The molecule has 0 aliphatic carbocycles. The summed E-state index contributed by atoms with van der Waals surface area (Å²) in [6.45, 7) is 2.70. The molecule has 0 spiro atoms. The van der Waals surface area contributed by atoms with Gasteiger partial charge in [0.05, 0.1) is 7.11 Å². The van der Waals surface area contributed by atoms with E-state index in [1.807, 2.05) is 6.92 Å². The standard InChI is InChI=1S/C17H22FNO6/c1-4-11(2)16(17(22)23-3)19-14(20)9-25-15(21)10-24-13-7-5-12(18)6-8-13/h5-8,11,16H,4,9-10H2,1-3H3,(H,19,20)/t11-,16-/m0/s1. The summed E-state index contributed by atoms with van der Waals surface area (Å²) in [6, 6.07) is 4.30. The summed E-state index contributed by atoms with van der Waals surface area (Å²) in [5.41, 5.74) is 0. The smallest absolute Gasteiger partial charge is 0.344 e. The summed E-state index contributed by atoms with van der Waals surface area (Å²) < 4.78 is 27.3. The Balaban J connectivity index is 2.39. The lowest BCUT2D eigenvalue weighted by Crippen LogP contribution is -2.47. The molecule has 1 rings (SSSR count). The number of carbonyl (C=O) groups is 3. The van der Waals surface area contributed by atoms with Gasteiger partial charge < -0.3 is 19.5 Å². The molecule has 25 heavy (non-hydrogen) atoms. The zero-order chi connectivity index (χ0) is 18.8. The third-order valence-corrected chi connectivity index (χ3v) is 3.52. The Morgan fingerprint density at radius 2 is 1.80 bits per heavy atom. The lowest BCUT2D eigenvalue weighted by molar-refractivity contribution is -0.152. The lowest BCUT2D eigenvalue weighted by atomic mass is 9.99. The molecule has 0 aromatic heterocycles. The van der Waals surface area contributed by atoms with Crippen LogP contribution < -0.4 is 10.1 Å². The van der Waals surface area contributed by atoms with Crippen molar-refractivity contribution < 1.29 is 33.0 Å². The summed E-state index contributed by atoms with van der Waals surface area (Å²) in [4.78, 5) is 35.1. The second-order valence-electron chi connectivity index (χ2n) is 5.36. The molecule has 1 amide bonds.